The Labute approximate surface area is 172 Å². The number of morpholine rings is 1. The van der Waals surface area contributed by atoms with E-state index in [2.05, 4.69) is 9.88 Å². The van der Waals surface area contributed by atoms with Gasteiger partial charge in [0.1, 0.15) is 11.9 Å². The molecule has 1 saturated heterocycles. The van der Waals surface area contributed by atoms with E-state index < -0.39 is 0 Å². The number of ether oxygens (including phenoxy) is 1. The minimum absolute atomic E-state index is 0.152. The summed E-state index contributed by atoms with van der Waals surface area (Å²) in [4.78, 5) is 21.1. The van der Waals surface area contributed by atoms with Crippen molar-refractivity contribution in [2.75, 3.05) is 39.3 Å². The lowest BCUT2D eigenvalue weighted by Gasteiger charge is -2.33. The quantitative estimate of drug-likeness (QED) is 0.716. The summed E-state index contributed by atoms with van der Waals surface area (Å²) in [7, 11) is 0. The van der Waals surface area contributed by atoms with Crippen molar-refractivity contribution in [2.24, 2.45) is 0 Å². The van der Waals surface area contributed by atoms with Crippen LogP contribution in [-0.2, 0) is 16.0 Å². The molecule has 1 aliphatic rings. The third kappa shape index (κ3) is 5.84. The van der Waals surface area contributed by atoms with Crippen LogP contribution < -0.4 is 0 Å². The number of halogens is 1. The second-order valence-corrected chi connectivity index (χ2v) is 7.51. The largest absolute Gasteiger partial charge is 0.369 e. The summed E-state index contributed by atoms with van der Waals surface area (Å²) in [5, 5.41) is 0. The first-order valence-corrected chi connectivity index (χ1v) is 10.3. The van der Waals surface area contributed by atoms with E-state index in [1.807, 2.05) is 43.9 Å². The van der Waals surface area contributed by atoms with E-state index in [1.165, 1.54) is 6.07 Å². The van der Waals surface area contributed by atoms with E-state index in [0.717, 1.165) is 42.1 Å². The van der Waals surface area contributed by atoms with Crippen LogP contribution in [-0.4, -0.2) is 60.0 Å². The van der Waals surface area contributed by atoms with Crippen LogP contribution in [0.15, 0.2) is 36.4 Å². The average Bonchev–Trinajstić information content (AvgIpc) is 2.69. The number of rotatable bonds is 7. The highest BCUT2D eigenvalue weighted by Gasteiger charge is 2.26. The van der Waals surface area contributed by atoms with Crippen molar-refractivity contribution in [3.8, 4) is 0 Å². The fourth-order valence-electron chi connectivity index (χ4n) is 3.81. The van der Waals surface area contributed by atoms with Crippen LogP contribution in [0, 0.1) is 12.7 Å². The Bertz CT molecular complexity index is 839. The van der Waals surface area contributed by atoms with Crippen molar-refractivity contribution >= 4 is 5.91 Å². The molecule has 1 aromatic heterocycles. The summed E-state index contributed by atoms with van der Waals surface area (Å²) in [6.45, 7) is 9.78. The molecule has 6 heteroatoms. The summed E-state index contributed by atoms with van der Waals surface area (Å²) >= 11 is 0. The van der Waals surface area contributed by atoms with Crippen molar-refractivity contribution in [3.05, 3.63) is 64.7 Å². The molecule has 1 amide bonds. The molecule has 0 saturated carbocycles. The van der Waals surface area contributed by atoms with Gasteiger partial charge in [-0.2, -0.15) is 0 Å². The molecule has 0 aliphatic carbocycles. The van der Waals surface area contributed by atoms with Crippen molar-refractivity contribution in [1.82, 2.24) is 14.8 Å². The molecule has 1 aliphatic heterocycles. The topological polar surface area (TPSA) is 45.7 Å². The van der Waals surface area contributed by atoms with Gasteiger partial charge >= 0.3 is 0 Å². The minimum atomic E-state index is -0.224. The molecule has 1 atom stereocenters. The van der Waals surface area contributed by atoms with E-state index in [1.54, 1.807) is 12.1 Å². The molecule has 2 heterocycles. The number of hydrogen-bond acceptors (Lipinski definition) is 4. The predicted molar refractivity (Wildman–Crippen MR) is 111 cm³/mol. The monoisotopic (exact) mass is 399 g/mol. The number of nitrogens with zero attached hydrogens (tertiary/aromatic N) is 3. The molecule has 0 bridgehead atoms. The summed E-state index contributed by atoms with van der Waals surface area (Å²) in [5.41, 5.74) is 3.79. The molecule has 5 nitrogen and oxygen atoms in total. The number of hydrogen-bond donors (Lipinski definition) is 0. The van der Waals surface area contributed by atoms with Gasteiger partial charge in [0, 0.05) is 31.9 Å². The number of aryl methyl sites for hydroxylation is 1. The van der Waals surface area contributed by atoms with E-state index in [0.29, 0.717) is 26.1 Å². The number of amides is 1. The Hall–Kier alpha value is -2.31. The maximum atomic E-state index is 13.5. The molecule has 0 N–H and O–H groups in total. The van der Waals surface area contributed by atoms with Gasteiger partial charge in [0.2, 0.25) is 5.91 Å². The zero-order valence-electron chi connectivity index (χ0n) is 17.5. The first-order chi connectivity index (χ1) is 14.0. The Kier molecular flexibility index (Phi) is 7.34. The number of benzene rings is 1. The summed E-state index contributed by atoms with van der Waals surface area (Å²) in [6.07, 6.45) is 0.477. The van der Waals surface area contributed by atoms with Crippen LogP contribution in [0.25, 0.3) is 0 Å². The standard InChI is InChI=1S/C23H30FN3O2/c1-4-27(5-2)23(28)16-26-9-10-29-22(15-26)21-14-19(11-17(3)25-21)12-18-7-6-8-20(24)13-18/h6-8,11,13-14,22H,4-5,9-10,12,15-16H2,1-3H3. The van der Waals surface area contributed by atoms with Crippen molar-refractivity contribution in [3.63, 3.8) is 0 Å². The summed E-state index contributed by atoms with van der Waals surface area (Å²) in [5.74, 6) is -0.0720. The van der Waals surface area contributed by atoms with Gasteiger partial charge in [0.15, 0.2) is 0 Å². The first kappa shape index (κ1) is 21.4. The van der Waals surface area contributed by atoms with Crippen molar-refractivity contribution in [2.45, 2.75) is 33.3 Å². The number of likely N-dealkylation sites (N-methyl/N-ethyl adjacent to an activating group) is 1. The SMILES string of the molecule is CCN(CC)C(=O)CN1CCOC(c2cc(Cc3cccc(F)c3)cc(C)n2)C1. The first-order valence-electron chi connectivity index (χ1n) is 10.3. The Morgan fingerprint density at radius 3 is 2.76 bits per heavy atom. The highest BCUT2D eigenvalue weighted by Crippen LogP contribution is 2.23. The van der Waals surface area contributed by atoms with E-state index in [4.69, 9.17) is 4.74 Å². The molecular weight excluding hydrogens is 369 g/mol. The van der Waals surface area contributed by atoms with Gasteiger partial charge in [-0.15, -0.1) is 0 Å². The lowest BCUT2D eigenvalue weighted by molar-refractivity contribution is -0.134. The predicted octanol–water partition coefficient (Wildman–Crippen LogP) is 3.36. The highest BCUT2D eigenvalue weighted by molar-refractivity contribution is 5.78. The number of carbonyl (C=O) groups excluding carboxylic acids is 1. The molecule has 1 unspecified atom stereocenters. The maximum Gasteiger partial charge on any atom is 0.236 e. The van der Waals surface area contributed by atoms with E-state index >= 15 is 0 Å². The third-order valence-electron chi connectivity index (χ3n) is 5.29. The zero-order chi connectivity index (χ0) is 20.8. The van der Waals surface area contributed by atoms with Crippen LogP contribution in [0.5, 0.6) is 0 Å². The Balaban J connectivity index is 1.71. The molecule has 29 heavy (non-hydrogen) atoms. The third-order valence-corrected chi connectivity index (χ3v) is 5.29. The van der Waals surface area contributed by atoms with Gasteiger partial charge in [-0.25, -0.2) is 4.39 Å². The minimum Gasteiger partial charge on any atom is -0.369 e. The molecule has 1 aromatic carbocycles. The summed E-state index contributed by atoms with van der Waals surface area (Å²) < 4.78 is 19.5. The second-order valence-electron chi connectivity index (χ2n) is 7.51. The van der Waals surface area contributed by atoms with Gasteiger partial charge in [0.05, 0.1) is 18.8 Å². The lowest BCUT2D eigenvalue weighted by atomic mass is 10.0. The number of aromatic nitrogens is 1. The van der Waals surface area contributed by atoms with Gasteiger partial charge in [0.25, 0.3) is 0 Å². The molecule has 0 spiro atoms. The molecular formula is C23H30FN3O2. The van der Waals surface area contributed by atoms with Crippen LogP contribution >= 0.6 is 0 Å². The van der Waals surface area contributed by atoms with Crippen LogP contribution in [0.1, 0.15) is 42.5 Å². The van der Waals surface area contributed by atoms with E-state index in [-0.39, 0.29) is 17.8 Å². The number of carbonyl (C=O) groups is 1. The van der Waals surface area contributed by atoms with Gasteiger partial charge in [-0.1, -0.05) is 12.1 Å². The van der Waals surface area contributed by atoms with Crippen LogP contribution in [0.2, 0.25) is 0 Å². The molecule has 2 aromatic rings. The van der Waals surface area contributed by atoms with Crippen LogP contribution in [0.4, 0.5) is 4.39 Å². The second kappa shape index (κ2) is 9.94. The fraction of sp³-hybridized carbons (Fsp3) is 0.478. The highest BCUT2D eigenvalue weighted by atomic mass is 19.1. The average molecular weight is 400 g/mol. The van der Waals surface area contributed by atoms with Crippen LogP contribution in [0.3, 0.4) is 0 Å². The number of pyridine rings is 1. The van der Waals surface area contributed by atoms with Gasteiger partial charge < -0.3 is 9.64 Å². The molecule has 3 rings (SSSR count). The van der Waals surface area contributed by atoms with Gasteiger partial charge in [-0.05, 0) is 62.6 Å². The lowest BCUT2D eigenvalue weighted by Crippen LogP contribution is -2.45. The normalized spacial score (nSPS) is 17.3. The fourth-order valence-corrected chi connectivity index (χ4v) is 3.81. The van der Waals surface area contributed by atoms with Crippen molar-refractivity contribution < 1.29 is 13.9 Å². The molecule has 156 valence electrons. The smallest absolute Gasteiger partial charge is 0.236 e. The maximum absolute atomic E-state index is 13.5. The Morgan fingerprint density at radius 1 is 1.24 bits per heavy atom. The van der Waals surface area contributed by atoms with Crippen molar-refractivity contribution in [1.29, 1.82) is 0 Å². The zero-order valence-corrected chi connectivity index (χ0v) is 17.5. The Morgan fingerprint density at radius 2 is 2.03 bits per heavy atom. The molecule has 1 fully saturated rings. The van der Waals surface area contributed by atoms with E-state index in [9.17, 15) is 9.18 Å². The summed E-state index contributed by atoms with van der Waals surface area (Å²) in [6, 6.07) is 10.7. The molecule has 0 radical (unpaired) electrons. The van der Waals surface area contributed by atoms with Gasteiger partial charge in [-0.3, -0.25) is 14.7 Å².